The lowest BCUT2D eigenvalue weighted by atomic mass is 10.1. The van der Waals surface area contributed by atoms with Gasteiger partial charge in [-0.25, -0.2) is 4.98 Å². The van der Waals surface area contributed by atoms with Gasteiger partial charge in [-0.15, -0.1) is 0 Å². The summed E-state index contributed by atoms with van der Waals surface area (Å²) in [4.78, 5) is 4.59. The predicted octanol–water partition coefficient (Wildman–Crippen LogP) is 3.18. The maximum Gasteiger partial charge on any atom is 0.126 e. The van der Waals surface area contributed by atoms with Gasteiger partial charge in [0.25, 0.3) is 0 Å². The van der Waals surface area contributed by atoms with Gasteiger partial charge in [0.1, 0.15) is 5.82 Å². The van der Waals surface area contributed by atoms with Gasteiger partial charge in [0.05, 0.1) is 5.69 Å². The molecule has 2 N–H and O–H groups in total. The third-order valence-electron chi connectivity index (χ3n) is 2.11. The molecule has 96 valence electrons. The molecule has 1 rings (SSSR count). The van der Waals surface area contributed by atoms with Crippen LogP contribution in [0.1, 0.15) is 47.2 Å². The van der Waals surface area contributed by atoms with Crippen molar-refractivity contribution in [3.63, 3.8) is 0 Å². The van der Waals surface area contributed by atoms with Gasteiger partial charge in [-0.05, 0) is 53.7 Å². The molecule has 0 aliphatic carbocycles. The molecule has 3 heteroatoms. The summed E-state index contributed by atoms with van der Waals surface area (Å²) >= 11 is 0. The average Bonchev–Trinajstić information content (AvgIpc) is 2.11. The first-order chi connectivity index (χ1) is 7.66. The van der Waals surface area contributed by atoms with Crippen molar-refractivity contribution in [1.82, 2.24) is 10.3 Å². The summed E-state index contributed by atoms with van der Waals surface area (Å²) in [5.74, 6) is 0.936. The monoisotopic (exact) mass is 235 g/mol. The Hall–Kier alpha value is -1.09. The Bertz CT molecular complexity index is 358. The van der Waals surface area contributed by atoms with E-state index in [9.17, 15) is 0 Å². The van der Waals surface area contributed by atoms with Gasteiger partial charge in [-0.3, -0.25) is 0 Å². The minimum absolute atomic E-state index is 0.0447. The lowest BCUT2D eigenvalue weighted by molar-refractivity contribution is 0.421. The van der Waals surface area contributed by atoms with Crippen molar-refractivity contribution in [3.05, 3.63) is 23.9 Å². The Morgan fingerprint density at radius 2 is 1.65 bits per heavy atom. The molecule has 0 fully saturated rings. The second kappa shape index (κ2) is 5.05. The van der Waals surface area contributed by atoms with Crippen LogP contribution >= 0.6 is 0 Å². The number of nitrogens with one attached hydrogen (secondary N) is 2. The number of hydrogen-bond donors (Lipinski definition) is 2. The second-order valence-corrected chi connectivity index (χ2v) is 6.49. The van der Waals surface area contributed by atoms with Crippen LogP contribution in [0.25, 0.3) is 0 Å². The summed E-state index contributed by atoms with van der Waals surface area (Å²) < 4.78 is 0. The first kappa shape index (κ1) is 14.0. The number of nitrogens with zero attached hydrogens (tertiary/aromatic N) is 1. The number of hydrogen-bond acceptors (Lipinski definition) is 3. The van der Waals surface area contributed by atoms with Crippen LogP contribution in [0.15, 0.2) is 18.2 Å². The molecule has 0 atom stereocenters. The summed E-state index contributed by atoms with van der Waals surface area (Å²) in [5, 5.41) is 6.82. The van der Waals surface area contributed by atoms with Crippen LogP contribution in [0, 0.1) is 0 Å². The van der Waals surface area contributed by atoms with Gasteiger partial charge in [-0.1, -0.05) is 6.07 Å². The quantitative estimate of drug-likeness (QED) is 0.845. The van der Waals surface area contributed by atoms with Gasteiger partial charge in [-0.2, -0.15) is 0 Å². The Morgan fingerprint density at radius 1 is 1.00 bits per heavy atom. The molecule has 1 heterocycles. The van der Waals surface area contributed by atoms with E-state index in [4.69, 9.17) is 0 Å². The first-order valence-electron chi connectivity index (χ1n) is 6.15. The zero-order valence-corrected chi connectivity index (χ0v) is 11.9. The Kier molecular flexibility index (Phi) is 4.15. The predicted molar refractivity (Wildman–Crippen MR) is 74.2 cm³/mol. The zero-order valence-electron chi connectivity index (χ0n) is 11.9. The van der Waals surface area contributed by atoms with Gasteiger partial charge in [0, 0.05) is 17.6 Å². The van der Waals surface area contributed by atoms with E-state index >= 15 is 0 Å². The first-order valence-corrected chi connectivity index (χ1v) is 6.15. The zero-order chi connectivity index (χ0) is 13.1. The van der Waals surface area contributed by atoms with Crippen molar-refractivity contribution in [3.8, 4) is 0 Å². The van der Waals surface area contributed by atoms with Crippen molar-refractivity contribution in [2.75, 3.05) is 5.32 Å². The van der Waals surface area contributed by atoms with Crippen LogP contribution in [0.5, 0.6) is 0 Å². The summed E-state index contributed by atoms with van der Waals surface area (Å²) in [7, 11) is 0. The molecule has 1 aromatic heterocycles. The smallest absolute Gasteiger partial charge is 0.126 e. The maximum absolute atomic E-state index is 4.59. The van der Waals surface area contributed by atoms with Crippen molar-refractivity contribution < 1.29 is 0 Å². The minimum atomic E-state index is 0.0447. The summed E-state index contributed by atoms with van der Waals surface area (Å²) in [5.41, 5.74) is 1.23. The summed E-state index contributed by atoms with van der Waals surface area (Å²) in [6.07, 6.45) is 0. The third kappa shape index (κ3) is 6.27. The third-order valence-corrected chi connectivity index (χ3v) is 2.11. The molecule has 0 amide bonds. The van der Waals surface area contributed by atoms with Crippen LogP contribution in [0.4, 0.5) is 5.82 Å². The number of aromatic nitrogens is 1. The van der Waals surface area contributed by atoms with E-state index in [1.807, 2.05) is 18.2 Å². The lowest BCUT2D eigenvalue weighted by Crippen LogP contribution is -2.35. The molecule has 0 saturated heterocycles. The number of rotatable bonds is 3. The van der Waals surface area contributed by atoms with E-state index in [0.29, 0.717) is 0 Å². The minimum Gasteiger partial charge on any atom is -0.365 e. The van der Waals surface area contributed by atoms with E-state index in [0.717, 1.165) is 18.1 Å². The molecule has 0 aliphatic rings. The fourth-order valence-electron chi connectivity index (χ4n) is 1.39. The fraction of sp³-hybridized carbons (Fsp3) is 0.643. The van der Waals surface area contributed by atoms with Gasteiger partial charge < -0.3 is 10.6 Å². The Morgan fingerprint density at radius 3 is 2.18 bits per heavy atom. The van der Waals surface area contributed by atoms with Crippen molar-refractivity contribution in [1.29, 1.82) is 0 Å². The van der Waals surface area contributed by atoms with E-state index in [1.165, 1.54) is 0 Å². The molecule has 0 unspecified atom stereocenters. The van der Waals surface area contributed by atoms with Crippen molar-refractivity contribution in [2.24, 2.45) is 0 Å². The van der Waals surface area contributed by atoms with E-state index < -0.39 is 0 Å². The van der Waals surface area contributed by atoms with E-state index in [-0.39, 0.29) is 11.1 Å². The summed E-state index contributed by atoms with van der Waals surface area (Å²) in [6.45, 7) is 13.7. The molecule has 3 nitrogen and oxygen atoms in total. The number of anilines is 1. The molecular weight excluding hydrogens is 210 g/mol. The molecule has 0 radical (unpaired) electrons. The van der Waals surface area contributed by atoms with Gasteiger partial charge in [0.2, 0.25) is 0 Å². The van der Waals surface area contributed by atoms with Gasteiger partial charge in [0.15, 0.2) is 0 Å². The Labute approximate surface area is 105 Å². The highest BCUT2D eigenvalue weighted by atomic mass is 15.1. The second-order valence-electron chi connectivity index (χ2n) is 6.49. The SMILES string of the molecule is CC(C)(C)NCc1cccc(NC(C)(C)C)n1. The summed E-state index contributed by atoms with van der Waals surface area (Å²) in [6, 6.07) is 6.10. The molecule has 1 aromatic rings. The highest BCUT2D eigenvalue weighted by molar-refractivity contribution is 5.37. The highest BCUT2D eigenvalue weighted by Gasteiger charge is 2.11. The lowest BCUT2D eigenvalue weighted by Gasteiger charge is -2.23. The fourth-order valence-corrected chi connectivity index (χ4v) is 1.39. The molecule has 0 spiro atoms. The van der Waals surface area contributed by atoms with Crippen LogP contribution in [-0.2, 0) is 6.54 Å². The molecule has 0 saturated carbocycles. The average molecular weight is 235 g/mol. The van der Waals surface area contributed by atoms with Crippen LogP contribution in [0.3, 0.4) is 0 Å². The molecular formula is C14H25N3. The normalized spacial score (nSPS) is 12.6. The van der Waals surface area contributed by atoms with Crippen molar-refractivity contribution >= 4 is 5.82 Å². The van der Waals surface area contributed by atoms with Crippen LogP contribution in [-0.4, -0.2) is 16.1 Å². The highest BCUT2D eigenvalue weighted by Crippen LogP contribution is 2.12. The van der Waals surface area contributed by atoms with Crippen molar-refractivity contribution in [2.45, 2.75) is 59.2 Å². The molecule has 0 aliphatic heterocycles. The Balaban J connectivity index is 2.66. The maximum atomic E-state index is 4.59. The molecule has 0 aromatic carbocycles. The molecule has 17 heavy (non-hydrogen) atoms. The molecule has 0 bridgehead atoms. The van der Waals surface area contributed by atoms with E-state index in [1.54, 1.807) is 0 Å². The van der Waals surface area contributed by atoms with Crippen LogP contribution < -0.4 is 10.6 Å². The topological polar surface area (TPSA) is 37.0 Å². The standard InChI is InChI=1S/C14H25N3/c1-13(2,3)15-10-11-8-7-9-12(16-11)17-14(4,5)6/h7-9,15H,10H2,1-6H3,(H,16,17). The number of pyridine rings is 1. The largest absolute Gasteiger partial charge is 0.365 e. The van der Waals surface area contributed by atoms with Crippen LogP contribution in [0.2, 0.25) is 0 Å². The van der Waals surface area contributed by atoms with Gasteiger partial charge >= 0.3 is 0 Å². The van der Waals surface area contributed by atoms with E-state index in [2.05, 4.69) is 57.2 Å².